The van der Waals surface area contributed by atoms with Gasteiger partial charge in [0.2, 0.25) is 5.91 Å². The van der Waals surface area contributed by atoms with E-state index in [9.17, 15) is 22.8 Å². The molecule has 6 nitrogen and oxygen atoms in total. The Hall–Kier alpha value is -3.27. The first-order chi connectivity index (χ1) is 16.8. The van der Waals surface area contributed by atoms with Gasteiger partial charge in [-0.2, -0.15) is 13.2 Å². The number of aromatic amines is 1. The van der Waals surface area contributed by atoms with Gasteiger partial charge in [0.15, 0.2) is 5.16 Å². The number of H-pyrrole nitrogens is 1. The van der Waals surface area contributed by atoms with Gasteiger partial charge in [-0.05, 0) is 42.0 Å². The highest BCUT2D eigenvalue weighted by atomic mass is 32.2. The smallest absolute Gasteiger partial charge is 0.405 e. The van der Waals surface area contributed by atoms with Gasteiger partial charge in [0.05, 0.1) is 12.8 Å². The van der Waals surface area contributed by atoms with Gasteiger partial charge < -0.3 is 15.0 Å². The molecule has 0 aliphatic heterocycles. The molecule has 1 aliphatic rings. The molecule has 1 amide bonds. The van der Waals surface area contributed by atoms with E-state index < -0.39 is 30.0 Å². The molecule has 35 heavy (non-hydrogen) atoms. The fourth-order valence-electron chi connectivity index (χ4n) is 4.48. The van der Waals surface area contributed by atoms with Gasteiger partial charge in [0, 0.05) is 5.75 Å². The summed E-state index contributed by atoms with van der Waals surface area (Å²) in [7, 11) is 0. The van der Waals surface area contributed by atoms with Crippen molar-refractivity contribution < 1.29 is 27.5 Å². The molecule has 10 heteroatoms. The van der Waals surface area contributed by atoms with E-state index in [1.54, 1.807) is 19.1 Å². The van der Waals surface area contributed by atoms with Crippen molar-refractivity contribution in [3.8, 4) is 11.1 Å². The summed E-state index contributed by atoms with van der Waals surface area (Å²) in [5, 5.41) is 2.66. The Morgan fingerprint density at radius 1 is 1.09 bits per heavy atom. The Bertz CT molecular complexity index is 1180. The Morgan fingerprint density at radius 2 is 1.71 bits per heavy atom. The van der Waals surface area contributed by atoms with Crippen molar-refractivity contribution in [3.05, 3.63) is 71.5 Å². The molecule has 4 rings (SSSR count). The summed E-state index contributed by atoms with van der Waals surface area (Å²) in [5.74, 6) is -0.625. The summed E-state index contributed by atoms with van der Waals surface area (Å²) in [6, 6.07) is 14.7. The molecule has 0 atom stereocenters. The minimum Gasteiger partial charge on any atom is -0.461 e. The van der Waals surface area contributed by atoms with Crippen LogP contribution < -0.4 is 5.32 Å². The predicted octanol–water partition coefficient (Wildman–Crippen LogP) is 5.10. The van der Waals surface area contributed by atoms with Crippen molar-refractivity contribution in [2.45, 2.75) is 36.5 Å². The van der Waals surface area contributed by atoms with Gasteiger partial charge in [0.25, 0.3) is 0 Å². The standard InChI is InChI=1S/C25H24F3N3O3S/c1-2-34-21(32)20-14-29-23(31-20)35-13-7-12-24(22(33)30-15-25(26,27)28)18-10-5-3-8-16(18)17-9-4-6-11-19(17)24/h3-6,8-11,14H,2,7,12-13,15H2,1H3,(H,29,31)(H,30,33). The first-order valence-electron chi connectivity index (χ1n) is 11.2. The van der Waals surface area contributed by atoms with Crippen molar-refractivity contribution in [2.75, 3.05) is 18.9 Å². The lowest BCUT2D eigenvalue weighted by Gasteiger charge is -2.31. The van der Waals surface area contributed by atoms with Gasteiger partial charge >= 0.3 is 12.1 Å². The number of rotatable bonds is 9. The first-order valence-corrected chi connectivity index (χ1v) is 12.1. The van der Waals surface area contributed by atoms with Crippen LogP contribution in [0.1, 0.15) is 41.4 Å². The second-order valence-electron chi connectivity index (χ2n) is 8.07. The summed E-state index contributed by atoms with van der Waals surface area (Å²) in [6.45, 7) is 0.571. The normalized spacial score (nSPS) is 13.7. The topological polar surface area (TPSA) is 84.1 Å². The van der Waals surface area contributed by atoms with E-state index in [-0.39, 0.29) is 12.3 Å². The molecule has 2 aromatic carbocycles. The number of amides is 1. The van der Waals surface area contributed by atoms with Crippen LogP contribution in [0.3, 0.4) is 0 Å². The third-order valence-electron chi connectivity index (χ3n) is 5.88. The Balaban J connectivity index is 1.56. The maximum Gasteiger partial charge on any atom is 0.405 e. The first kappa shape index (κ1) is 24.8. The van der Waals surface area contributed by atoms with Crippen LogP contribution in [-0.4, -0.2) is 46.9 Å². The number of hydrogen-bond donors (Lipinski definition) is 2. The van der Waals surface area contributed by atoms with E-state index >= 15 is 0 Å². The van der Waals surface area contributed by atoms with Crippen LogP contribution in [0, 0.1) is 0 Å². The number of alkyl halides is 3. The molecule has 2 N–H and O–H groups in total. The monoisotopic (exact) mass is 503 g/mol. The Morgan fingerprint density at radius 3 is 2.31 bits per heavy atom. The maximum absolute atomic E-state index is 13.5. The lowest BCUT2D eigenvalue weighted by molar-refractivity contribution is -0.141. The third kappa shape index (κ3) is 5.07. The second kappa shape index (κ2) is 10.2. The summed E-state index contributed by atoms with van der Waals surface area (Å²) < 4.78 is 43.8. The molecule has 0 saturated carbocycles. The lowest BCUT2D eigenvalue weighted by atomic mass is 9.73. The van der Waals surface area contributed by atoms with Crippen molar-refractivity contribution in [1.82, 2.24) is 15.3 Å². The number of fused-ring (bicyclic) bond motifs is 3. The van der Waals surface area contributed by atoms with E-state index in [0.29, 0.717) is 34.9 Å². The zero-order valence-corrected chi connectivity index (χ0v) is 19.8. The highest BCUT2D eigenvalue weighted by molar-refractivity contribution is 7.99. The highest BCUT2D eigenvalue weighted by Gasteiger charge is 2.49. The number of thioether (sulfide) groups is 1. The molecular formula is C25H24F3N3O3S. The van der Waals surface area contributed by atoms with E-state index in [1.807, 2.05) is 36.4 Å². The molecule has 0 spiro atoms. The predicted molar refractivity (Wildman–Crippen MR) is 126 cm³/mol. The molecule has 3 aromatic rings. The number of imidazole rings is 1. The van der Waals surface area contributed by atoms with Crippen molar-refractivity contribution in [3.63, 3.8) is 0 Å². The number of nitrogens with zero attached hydrogens (tertiary/aromatic N) is 1. The summed E-state index contributed by atoms with van der Waals surface area (Å²) in [6.07, 6.45) is -2.29. The van der Waals surface area contributed by atoms with Crippen molar-refractivity contribution >= 4 is 23.6 Å². The van der Waals surface area contributed by atoms with Gasteiger partial charge in [0.1, 0.15) is 17.7 Å². The SMILES string of the molecule is CCOC(=O)c1cnc(SCCCC2(C(=O)NCC(F)(F)F)c3ccccc3-c3ccccc32)[nH]1. The number of esters is 1. The number of ether oxygens (including phenoxy) is 1. The molecular weight excluding hydrogens is 479 g/mol. The zero-order valence-electron chi connectivity index (χ0n) is 18.9. The van der Waals surface area contributed by atoms with E-state index in [0.717, 1.165) is 11.1 Å². The van der Waals surface area contributed by atoms with Crippen LogP contribution in [0.25, 0.3) is 11.1 Å². The van der Waals surface area contributed by atoms with Gasteiger partial charge in [-0.15, -0.1) is 0 Å². The van der Waals surface area contributed by atoms with Crippen molar-refractivity contribution in [1.29, 1.82) is 0 Å². The van der Waals surface area contributed by atoms with E-state index in [1.165, 1.54) is 18.0 Å². The molecule has 0 fully saturated rings. The number of nitrogens with one attached hydrogen (secondary N) is 2. The molecule has 1 heterocycles. The van der Waals surface area contributed by atoms with Crippen LogP contribution in [-0.2, 0) is 14.9 Å². The molecule has 1 aromatic heterocycles. The van der Waals surface area contributed by atoms with Crippen molar-refractivity contribution in [2.24, 2.45) is 0 Å². The van der Waals surface area contributed by atoms with Gasteiger partial charge in [-0.1, -0.05) is 60.3 Å². The molecule has 184 valence electrons. The number of carbonyl (C=O) groups is 2. The molecule has 0 saturated heterocycles. The Kier molecular flexibility index (Phi) is 7.20. The van der Waals surface area contributed by atoms with E-state index in [2.05, 4.69) is 15.3 Å². The molecule has 0 unspecified atom stereocenters. The second-order valence-corrected chi connectivity index (χ2v) is 9.15. The summed E-state index contributed by atoms with van der Waals surface area (Å²) >= 11 is 1.36. The average molecular weight is 504 g/mol. The number of halogens is 3. The van der Waals surface area contributed by atoms with Crippen LogP contribution in [0.4, 0.5) is 13.2 Å². The lowest BCUT2D eigenvalue weighted by Crippen LogP contribution is -2.47. The van der Waals surface area contributed by atoms with Gasteiger partial charge in [-0.25, -0.2) is 9.78 Å². The van der Waals surface area contributed by atoms with Gasteiger partial charge in [-0.3, -0.25) is 4.79 Å². The largest absolute Gasteiger partial charge is 0.461 e. The quantitative estimate of drug-likeness (QED) is 0.241. The minimum absolute atomic E-state index is 0.246. The molecule has 1 aliphatic carbocycles. The number of benzene rings is 2. The van der Waals surface area contributed by atoms with Crippen LogP contribution in [0.5, 0.6) is 0 Å². The fourth-order valence-corrected chi connectivity index (χ4v) is 5.27. The zero-order chi connectivity index (χ0) is 25.1. The molecule has 0 bridgehead atoms. The third-order valence-corrected chi connectivity index (χ3v) is 6.86. The highest BCUT2D eigenvalue weighted by Crippen LogP contribution is 2.51. The molecule has 0 radical (unpaired) electrons. The summed E-state index contributed by atoms with van der Waals surface area (Å²) in [5.41, 5.74) is 2.11. The fraction of sp³-hybridized carbons (Fsp3) is 0.320. The Labute approximate surface area is 204 Å². The number of hydrogen-bond acceptors (Lipinski definition) is 5. The van der Waals surface area contributed by atoms with Crippen LogP contribution in [0.15, 0.2) is 59.9 Å². The number of carbonyl (C=O) groups excluding carboxylic acids is 2. The minimum atomic E-state index is -4.51. The van der Waals surface area contributed by atoms with Crippen LogP contribution >= 0.6 is 11.8 Å². The van der Waals surface area contributed by atoms with E-state index in [4.69, 9.17) is 4.74 Å². The summed E-state index contributed by atoms with van der Waals surface area (Å²) in [4.78, 5) is 32.3. The van der Waals surface area contributed by atoms with Crippen LogP contribution in [0.2, 0.25) is 0 Å². The number of aromatic nitrogens is 2. The maximum atomic E-state index is 13.5. The average Bonchev–Trinajstić information content (AvgIpc) is 3.42.